The number of halogens is 2. The predicted octanol–water partition coefficient (Wildman–Crippen LogP) is 3.85. The molecule has 0 spiro atoms. The molecule has 2 aromatic heterocycles. The van der Waals surface area contributed by atoms with Gasteiger partial charge in [0.25, 0.3) is 5.91 Å². The maximum absolute atomic E-state index is 12.2. The molecule has 1 aromatic carbocycles. The highest BCUT2D eigenvalue weighted by atomic mass is 35.5. The van der Waals surface area contributed by atoms with Crippen molar-refractivity contribution in [3.05, 3.63) is 76.3 Å². The first-order chi connectivity index (χ1) is 12.1. The van der Waals surface area contributed by atoms with Gasteiger partial charge < -0.3 is 10.6 Å². The molecular formula is C17H13Cl2N5O. The highest BCUT2D eigenvalue weighted by Crippen LogP contribution is 2.27. The van der Waals surface area contributed by atoms with E-state index in [0.717, 1.165) is 5.56 Å². The van der Waals surface area contributed by atoms with Crippen molar-refractivity contribution >= 4 is 40.7 Å². The van der Waals surface area contributed by atoms with E-state index in [2.05, 4.69) is 25.6 Å². The third kappa shape index (κ3) is 4.65. The SMILES string of the molecule is O=C(NCc1cccnc1)c1ccnc(Nc2cc(Cl)ccc2Cl)n1. The van der Waals surface area contributed by atoms with Crippen molar-refractivity contribution in [3.63, 3.8) is 0 Å². The molecule has 3 aromatic rings. The molecule has 0 bridgehead atoms. The van der Waals surface area contributed by atoms with Crippen molar-refractivity contribution in [2.45, 2.75) is 6.54 Å². The fourth-order valence-corrected chi connectivity index (χ4v) is 2.37. The van der Waals surface area contributed by atoms with Crippen LogP contribution in [0.25, 0.3) is 0 Å². The summed E-state index contributed by atoms with van der Waals surface area (Å²) in [6.07, 6.45) is 4.86. The molecular weight excluding hydrogens is 361 g/mol. The number of nitrogens with zero attached hydrogens (tertiary/aromatic N) is 3. The maximum atomic E-state index is 12.2. The van der Waals surface area contributed by atoms with Gasteiger partial charge in [0, 0.05) is 30.2 Å². The van der Waals surface area contributed by atoms with Gasteiger partial charge in [-0.15, -0.1) is 0 Å². The lowest BCUT2D eigenvalue weighted by molar-refractivity contribution is 0.0946. The van der Waals surface area contributed by atoms with Gasteiger partial charge in [-0.2, -0.15) is 0 Å². The third-order valence-electron chi connectivity index (χ3n) is 3.24. The number of amides is 1. The van der Waals surface area contributed by atoms with Crippen LogP contribution in [0.1, 0.15) is 16.1 Å². The molecule has 6 nitrogen and oxygen atoms in total. The molecule has 0 saturated carbocycles. The second kappa shape index (κ2) is 7.92. The van der Waals surface area contributed by atoms with Crippen molar-refractivity contribution in [3.8, 4) is 0 Å². The Kier molecular flexibility index (Phi) is 5.42. The van der Waals surface area contributed by atoms with E-state index in [1.54, 1.807) is 30.6 Å². The largest absolute Gasteiger partial charge is 0.347 e. The Morgan fingerprint density at radius 3 is 2.80 bits per heavy atom. The minimum atomic E-state index is -0.313. The average molecular weight is 374 g/mol. The lowest BCUT2D eigenvalue weighted by Crippen LogP contribution is -2.24. The van der Waals surface area contributed by atoms with Crippen molar-refractivity contribution in [1.82, 2.24) is 20.3 Å². The van der Waals surface area contributed by atoms with E-state index in [1.165, 1.54) is 12.3 Å². The normalized spacial score (nSPS) is 10.3. The smallest absolute Gasteiger partial charge is 0.270 e. The van der Waals surface area contributed by atoms with Crippen LogP contribution in [0.15, 0.2) is 55.0 Å². The summed E-state index contributed by atoms with van der Waals surface area (Å²) in [5.41, 5.74) is 1.69. The van der Waals surface area contributed by atoms with Gasteiger partial charge in [-0.05, 0) is 35.9 Å². The number of benzene rings is 1. The lowest BCUT2D eigenvalue weighted by Gasteiger charge is -2.09. The summed E-state index contributed by atoms with van der Waals surface area (Å²) in [6, 6.07) is 10.2. The zero-order chi connectivity index (χ0) is 17.6. The van der Waals surface area contributed by atoms with E-state index >= 15 is 0 Å². The number of nitrogens with one attached hydrogen (secondary N) is 2. The topological polar surface area (TPSA) is 79.8 Å². The van der Waals surface area contributed by atoms with Gasteiger partial charge in [-0.25, -0.2) is 9.97 Å². The van der Waals surface area contributed by atoms with E-state index in [0.29, 0.717) is 22.3 Å². The van der Waals surface area contributed by atoms with Gasteiger partial charge in [0.2, 0.25) is 5.95 Å². The molecule has 2 heterocycles. The molecule has 126 valence electrons. The summed E-state index contributed by atoms with van der Waals surface area (Å²) >= 11 is 12.1. The fraction of sp³-hybridized carbons (Fsp3) is 0.0588. The number of rotatable bonds is 5. The van der Waals surface area contributed by atoms with Gasteiger partial charge in [-0.3, -0.25) is 9.78 Å². The average Bonchev–Trinajstić information content (AvgIpc) is 2.64. The zero-order valence-electron chi connectivity index (χ0n) is 12.9. The highest BCUT2D eigenvalue weighted by molar-refractivity contribution is 6.35. The fourth-order valence-electron chi connectivity index (χ4n) is 2.03. The molecule has 8 heteroatoms. The summed E-state index contributed by atoms with van der Waals surface area (Å²) in [6.45, 7) is 0.361. The number of carbonyl (C=O) groups is 1. The Bertz CT molecular complexity index is 889. The molecule has 0 radical (unpaired) electrons. The second-order valence-electron chi connectivity index (χ2n) is 5.06. The van der Waals surface area contributed by atoms with Gasteiger partial charge in [0.15, 0.2) is 0 Å². The number of hydrogen-bond donors (Lipinski definition) is 2. The zero-order valence-corrected chi connectivity index (χ0v) is 14.4. The van der Waals surface area contributed by atoms with Crippen LogP contribution >= 0.6 is 23.2 Å². The Morgan fingerprint density at radius 1 is 1.12 bits per heavy atom. The Balaban J connectivity index is 1.70. The van der Waals surface area contributed by atoms with Crippen LogP contribution in [-0.2, 0) is 6.54 Å². The number of anilines is 2. The summed E-state index contributed by atoms with van der Waals surface area (Å²) in [4.78, 5) is 24.5. The summed E-state index contributed by atoms with van der Waals surface area (Å²) in [5, 5.41) is 6.73. The second-order valence-corrected chi connectivity index (χ2v) is 5.90. The van der Waals surface area contributed by atoms with Crippen LogP contribution in [0.2, 0.25) is 10.0 Å². The molecule has 3 rings (SSSR count). The molecule has 1 amide bonds. The Hall–Kier alpha value is -2.70. The van der Waals surface area contributed by atoms with Gasteiger partial charge in [0.1, 0.15) is 5.69 Å². The molecule has 0 fully saturated rings. The predicted molar refractivity (Wildman–Crippen MR) is 97.2 cm³/mol. The summed E-state index contributed by atoms with van der Waals surface area (Å²) in [7, 11) is 0. The molecule has 0 aliphatic carbocycles. The third-order valence-corrected chi connectivity index (χ3v) is 3.80. The van der Waals surface area contributed by atoms with E-state index in [1.807, 2.05) is 12.1 Å². The van der Waals surface area contributed by atoms with Crippen LogP contribution in [0.4, 0.5) is 11.6 Å². The molecule has 0 unspecified atom stereocenters. The summed E-state index contributed by atoms with van der Waals surface area (Å²) in [5.74, 6) is -0.0651. The summed E-state index contributed by atoms with van der Waals surface area (Å²) < 4.78 is 0. The Labute approximate surface area is 154 Å². The van der Waals surface area contributed by atoms with Gasteiger partial charge in [-0.1, -0.05) is 29.3 Å². The first-order valence-electron chi connectivity index (χ1n) is 7.34. The van der Waals surface area contributed by atoms with E-state index in [4.69, 9.17) is 23.2 Å². The maximum Gasteiger partial charge on any atom is 0.270 e. The van der Waals surface area contributed by atoms with Crippen LogP contribution < -0.4 is 10.6 Å². The van der Waals surface area contributed by atoms with Crippen LogP contribution in [-0.4, -0.2) is 20.9 Å². The molecule has 2 N–H and O–H groups in total. The molecule has 0 aliphatic rings. The molecule has 0 aliphatic heterocycles. The van der Waals surface area contributed by atoms with E-state index in [9.17, 15) is 4.79 Å². The van der Waals surface area contributed by atoms with Crippen LogP contribution in [0.5, 0.6) is 0 Å². The van der Waals surface area contributed by atoms with Crippen molar-refractivity contribution in [2.75, 3.05) is 5.32 Å². The quantitative estimate of drug-likeness (QED) is 0.709. The number of carbonyl (C=O) groups excluding carboxylic acids is 1. The van der Waals surface area contributed by atoms with Gasteiger partial charge >= 0.3 is 0 Å². The number of pyridine rings is 1. The van der Waals surface area contributed by atoms with Crippen molar-refractivity contribution < 1.29 is 4.79 Å². The van der Waals surface area contributed by atoms with E-state index in [-0.39, 0.29) is 17.5 Å². The van der Waals surface area contributed by atoms with Crippen molar-refractivity contribution in [2.24, 2.45) is 0 Å². The first kappa shape index (κ1) is 17.1. The standard InChI is InChI=1S/C17H13Cl2N5O/c18-12-3-4-13(19)15(8-12)24-17-21-7-5-14(23-17)16(25)22-10-11-2-1-6-20-9-11/h1-9H,10H2,(H,22,25)(H,21,23,24). The highest BCUT2D eigenvalue weighted by Gasteiger charge is 2.10. The molecule has 0 saturated heterocycles. The van der Waals surface area contributed by atoms with Crippen LogP contribution in [0, 0.1) is 0 Å². The van der Waals surface area contributed by atoms with Crippen molar-refractivity contribution in [1.29, 1.82) is 0 Å². The molecule has 0 atom stereocenters. The monoisotopic (exact) mass is 373 g/mol. The van der Waals surface area contributed by atoms with E-state index < -0.39 is 0 Å². The number of hydrogen-bond acceptors (Lipinski definition) is 5. The number of aromatic nitrogens is 3. The van der Waals surface area contributed by atoms with Crippen LogP contribution in [0.3, 0.4) is 0 Å². The lowest BCUT2D eigenvalue weighted by atomic mass is 10.3. The van der Waals surface area contributed by atoms with Gasteiger partial charge in [0.05, 0.1) is 10.7 Å². The minimum Gasteiger partial charge on any atom is -0.347 e. The minimum absolute atomic E-state index is 0.236. The Morgan fingerprint density at radius 2 is 2.00 bits per heavy atom. The molecule has 25 heavy (non-hydrogen) atoms. The first-order valence-corrected chi connectivity index (χ1v) is 8.09.